The fourth-order valence-corrected chi connectivity index (χ4v) is 1.40. The predicted molar refractivity (Wildman–Crippen MR) is 64.1 cm³/mol. The zero-order chi connectivity index (χ0) is 12.5. The number of alkyl halides is 1. The molecule has 0 spiro atoms. The Morgan fingerprint density at radius 1 is 1.12 bits per heavy atom. The van der Waals surface area contributed by atoms with Gasteiger partial charge in [-0.3, -0.25) is 0 Å². The molecule has 0 radical (unpaired) electrons. The number of benzene rings is 1. The van der Waals surface area contributed by atoms with E-state index in [1.54, 1.807) is 13.2 Å². The maximum absolute atomic E-state index is 13.1. The number of halogens is 2. The summed E-state index contributed by atoms with van der Waals surface area (Å²) >= 11 is 5.63. The maximum atomic E-state index is 13.1. The van der Waals surface area contributed by atoms with Gasteiger partial charge in [0.15, 0.2) is 0 Å². The Labute approximate surface area is 105 Å². The second kappa shape index (κ2) is 8.28. The van der Waals surface area contributed by atoms with Gasteiger partial charge < -0.3 is 14.2 Å². The molecule has 1 aromatic rings. The highest BCUT2D eigenvalue weighted by Gasteiger charge is 2.01. The Kier molecular flexibility index (Phi) is 6.93. The molecule has 0 saturated heterocycles. The largest absolute Gasteiger partial charge is 0.491 e. The van der Waals surface area contributed by atoms with Crippen LogP contribution in [0.4, 0.5) is 4.39 Å². The zero-order valence-corrected chi connectivity index (χ0v) is 10.5. The van der Waals surface area contributed by atoms with Crippen molar-refractivity contribution in [2.24, 2.45) is 0 Å². The molecule has 1 rings (SSSR count). The number of rotatable bonds is 8. The fourth-order valence-electron chi connectivity index (χ4n) is 1.24. The Balaban J connectivity index is 2.28. The van der Waals surface area contributed by atoms with Crippen molar-refractivity contribution in [3.8, 4) is 5.75 Å². The summed E-state index contributed by atoms with van der Waals surface area (Å²) in [6.07, 6.45) is 0. The van der Waals surface area contributed by atoms with E-state index in [4.69, 9.17) is 25.8 Å². The molecule has 5 heteroatoms. The molecular formula is C12H16ClFO3. The monoisotopic (exact) mass is 262 g/mol. The number of hydrogen-bond donors (Lipinski definition) is 0. The Morgan fingerprint density at radius 3 is 2.59 bits per heavy atom. The van der Waals surface area contributed by atoms with Crippen LogP contribution in [0.5, 0.6) is 5.75 Å². The molecular weight excluding hydrogens is 247 g/mol. The molecule has 96 valence electrons. The highest BCUT2D eigenvalue weighted by Crippen LogP contribution is 2.17. The number of methoxy groups -OCH3 is 1. The van der Waals surface area contributed by atoms with Gasteiger partial charge in [-0.05, 0) is 17.7 Å². The lowest BCUT2D eigenvalue weighted by atomic mass is 10.2. The van der Waals surface area contributed by atoms with Crippen LogP contribution in [0.1, 0.15) is 5.56 Å². The van der Waals surface area contributed by atoms with Gasteiger partial charge in [0, 0.05) is 19.1 Å². The third-order valence-electron chi connectivity index (χ3n) is 2.01. The van der Waals surface area contributed by atoms with Gasteiger partial charge in [0.2, 0.25) is 0 Å². The Hall–Kier alpha value is -0.840. The summed E-state index contributed by atoms with van der Waals surface area (Å²) < 4.78 is 28.5. The molecule has 0 aliphatic rings. The van der Waals surface area contributed by atoms with Gasteiger partial charge in [-0.1, -0.05) is 0 Å². The van der Waals surface area contributed by atoms with Crippen LogP contribution >= 0.6 is 11.6 Å². The van der Waals surface area contributed by atoms with Gasteiger partial charge in [0.1, 0.15) is 18.2 Å². The molecule has 0 aliphatic heterocycles. The van der Waals surface area contributed by atoms with Crippen molar-refractivity contribution in [3.63, 3.8) is 0 Å². The molecule has 0 heterocycles. The van der Waals surface area contributed by atoms with Gasteiger partial charge in [0.25, 0.3) is 0 Å². The third kappa shape index (κ3) is 5.86. The van der Waals surface area contributed by atoms with Crippen molar-refractivity contribution < 1.29 is 18.6 Å². The standard InChI is InChI=1S/C12H16ClFO3/c1-15-2-3-16-4-5-17-12-7-10(9-13)6-11(14)8-12/h6-8H,2-5,9H2,1H3. The van der Waals surface area contributed by atoms with Crippen LogP contribution in [0.15, 0.2) is 18.2 Å². The van der Waals surface area contributed by atoms with Gasteiger partial charge >= 0.3 is 0 Å². The summed E-state index contributed by atoms with van der Waals surface area (Å²) in [5.74, 6) is 0.382. The zero-order valence-electron chi connectivity index (χ0n) is 9.75. The summed E-state index contributed by atoms with van der Waals surface area (Å²) in [6, 6.07) is 4.42. The summed E-state index contributed by atoms with van der Waals surface area (Å²) in [4.78, 5) is 0. The van der Waals surface area contributed by atoms with Gasteiger partial charge in [0.05, 0.1) is 19.8 Å². The number of ether oxygens (including phenoxy) is 3. The molecule has 0 saturated carbocycles. The molecule has 0 N–H and O–H groups in total. The third-order valence-corrected chi connectivity index (χ3v) is 2.32. The first-order valence-electron chi connectivity index (χ1n) is 5.31. The normalized spacial score (nSPS) is 10.5. The second-order valence-electron chi connectivity index (χ2n) is 3.38. The summed E-state index contributed by atoms with van der Waals surface area (Å²) in [7, 11) is 1.61. The second-order valence-corrected chi connectivity index (χ2v) is 3.65. The molecule has 3 nitrogen and oxygen atoms in total. The SMILES string of the molecule is COCCOCCOc1cc(F)cc(CCl)c1. The molecule has 0 unspecified atom stereocenters. The van der Waals surface area contributed by atoms with Crippen molar-refractivity contribution in [1.82, 2.24) is 0 Å². The van der Waals surface area contributed by atoms with Crippen LogP contribution < -0.4 is 4.74 Å². The average molecular weight is 263 g/mol. The lowest BCUT2D eigenvalue weighted by molar-refractivity contribution is 0.0544. The minimum Gasteiger partial charge on any atom is -0.491 e. The van der Waals surface area contributed by atoms with Crippen molar-refractivity contribution in [3.05, 3.63) is 29.6 Å². The van der Waals surface area contributed by atoms with Crippen molar-refractivity contribution in [2.45, 2.75) is 5.88 Å². The van der Waals surface area contributed by atoms with Gasteiger partial charge in [-0.25, -0.2) is 4.39 Å². The lowest BCUT2D eigenvalue weighted by Crippen LogP contribution is -2.10. The van der Waals surface area contributed by atoms with E-state index >= 15 is 0 Å². The average Bonchev–Trinajstić information content (AvgIpc) is 2.33. The molecule has 0 bridgehead atoms. The van der Waals surface area contributed by atoms with Crippen LogP contribution in [-0.4, -0.2) is 33.5 Å². The van der Waals surface area contributed by atoms with Crippen LogP contribution in [0.2, 0.25) is 0 Å². The van der Waals surface area contributed by atoms with E-state index < -0.39 is 0 Å². The first-order chi connectivity index (χ1) is 8.26. The van der Waals surface area contributed by atoms with E-state index in [1.807, 2.05) is 0 Å². The molecule has 0 fully saturated rings. The van der Waals surface area contributed by atoms with E-state index in [9.17, 15) is 4.39 Å². The van der Waals surface area contributed by atoms with Crippen molar-refractivity contribution in [1.29, 1.82) is 0 Å². The van der Waals surface area contributed by atoms with E-state index in [1.165, 1.54) is 12.1 Å². The summed E-state index contributed by atoms with van der Waals surface area (Å²) in [6.45, 7) is 1.89. The Morgan fingerprint density at radius 2 is 1.88 bits per heavy atom. The maximum Gasteiger partial charge on any atom is 0.127 e. The van der Waals surface area contributed by atoms with Gasteiger partial charge in [-0.15, -0.1) is 11.6 Å². The Bertz CT molecular complexity index is 334. The summed E-state index contributed by atoms with van der Waals surface area (Å²) in [5, 5.41) is 0. The first-order valence-corrected chi connectivity index (χ1v) is 5.84. The van der Waals surface area contributed by atoms with E-state index in [2.05, 4.69) is 0 Å². The highest BCUT2D eigenvalue weighted by molar-refractivity contribution is 6.17. The van der Waals surface area contributed by atoms with E-state index in [-0.39, 0.29) is 11.7 Å². The topological polar surface area (TPSA) is 27.7 Å². The van der Waals surface area contributed by atoms with E-state index in [0.717, 1.165) is 0 Å². The quantitative estimate of drug-likeness (QED) is 0.532. The first kappa shape index (κ1) is 14.2. The molecule has 1 aromatic carbocycles. The highest BCUT2D eigenvalue weighted by atomic mass is 35.5. The molecule has 0 aliphatic carbocycles. The van der Waals surface area contributed by atoms with Crippen molar-refractivity contribution in [2.75, 3.05) is 33.5 Å². The van der Waals surface area contributed by atoms with Crippen LogP contribution in [0, 0.1) is 5.82 Å². The molecule has 0 atom stereocenters. The summed E-state index contributed by atoms with van der Waals surface area (Å²) in [5.41, 5.74) is 0.696. The van der Waals surface area contributed by atoms with Crippen LogP contribution in [0.25, 0.3) is 0 Å². The fraction of sp³-hybridized carbons (Fsp3) is 0.500. The smallest absolute Gasteiger partial charge is 0.127 e. The van der Waals surface area contributed by atoms with E-state index in [0.29, 0.717) is 37.7 Å². The lowest BCUT2D eigenvalue weighted by Gasteiger charge is -2.08. The number of hydrogen-bond acceptors (Lipinski definition) is 3. The van der Waals surface area contributed by atoms with Crippen molar-refractivity contribution >= 4 is 11.6 Å². The minimum absolute atomic E-state index is 0.262. The minimum atomic E-state index is -0.349. The molecule has 0 amide bonds. The van der Waals surface area contributed by atoms with Crippen LogP contribution in [-0.2, 0) is 15.4 Å². The molecule has 0 aromatic heterocycles. The predicted octanol–water partition coefficient (Wildman–Crippen LogP) is 2.61. The van der Waals surface area contributed by atoms with Gasteiger partial charge in [-0.2, -0.15) is 0 Å². The molecule has 17 heavy (non-hydrogen) atoms. The van der Waals surface area contributed by atoms with Crippen LogP contribution in [0.3, 0.4) is 0 Å².